The van der Waals surface area contributed by atoms with Crippen LogP contribution in [0.3, 0.4) is 0 Å². The molecule has 1 aliphatic carbocycles. The molecule has 0 aromatic carbocycles. The van der Waals surface area contributed by atoms with Gasteiger partial charge in [-0.2, -0.15) is 5.10 Å². The summed E-state index contributed by atoms with van der Waals surface area (Å²) in [5, 5.41) is 9.41. The second-order valence-corrected chi connectivity index (χ2v) is 10.0. The summed E-state index contributed by atoms with van der Waals surface area (Å²) in [6, 6.07) is 0. The first kappa shape index (κ1) is 23.2. The summed E-state index contributed by atoms with van der Waals surface area (Å²) in [6.07, 6.45) is 7.48. The molecule has 32 heavy (non-hydrogen) atoms. The van der Waals surface area contributed by atoms with Gasteiger partial charge in [-0.05, 0) is 57.3 Å². The highest BCUT2D eigenvalue weighted by Crippen LogP contribution is 2.38. The van der Waals surface area contributed by atoms with Crippen LogP contribution in [0.15, 0.2) is 6.20 Å². The summed E-state index contributed by atoms with van der Waals surface area (Å²) in [4.78, 5) is 18.5. The van der Waals surface area contributed by atoms with Gasteiger partial charge in [-0.25, -0.2) is 4.79 Å². The van der Waals surface area contributed by atoms with E-state index in [4.69, 9.17) is 17.0 Å². The molecule has 2 aromatic rings. The zero-order chi connectivity index (χ0) is 22.7. The first-order valence-electron chi connectivity index (χ1n) is 11.5. The number of ether oxygens (including phenoxy) is 1. The van der Waals surface area contributed by atoms with Gasteiger partial charge in [0.1, 0.15) is 5.00 Å². The third-order valence-electron chi connectivity index (χ3n) is 6.59. The number of carbonyl (C=O) groups excluding carboxylic acids is 1. The summed E-state index contributed by atoms with van der Waals surface area (Å²) in [5.74, 6) is -0.262. The van der Waals surface area contributed by atoms with E-state index in [-0.39, 0.29) is 5.97 Å². The minimum Gasteiger partial charge on any atom is -0.465 e. The quantitative estimate of drug-likeness (QED) is 0.400. The van der Waals surface area contributed by atoms with Crippen molar-refractivity contribution in [2.24, 2.45) is 0 Å². The maximum absolute atomic E-state index is 12.6. The van der Waals surface area contributed by atoms with E-state index in [2.05, 4.69) is 34.1 Å². The van der Waals surface area contributed by atoms with Crippen molar-refractivity contribution in [3.63, 3.8) is 0 Å². The Bertz CT molecular complexity index is 975. The maximum atomic E-state index is 12.6. The fourth-order valence-corrected chi connectivity index (χ4v) is 6.26. The number of anilines is 1. The van der Waals surface area contributed by atoms with Crippen molar-refractivity contribution < 1.29 is 9.53 Å². The van der Waals surface area contributed by atoms with Crippen molar-refractivity contribution in [2.45, 2.75) is 59.0 Å². The van der Waals surface area contributed by atoms with Gasteiger partial charge in [0.05, 0.1) is 18.9 Å². The van der Waals surface area contributed by atoms with Crippen LogP contribution in [0.25, 0.3) is 0 Å². The largest absolute Gasteiger partial charge is 0.465 e. The molecule has 1 fully saturated rings. The molecule has 7 nitrogen and oxygen atoms in total. The van der Waals surface area contributed by atoms with E-state index in [0.29, 0.717) is 10.7 Å². The Balaban J connectivity index is 1.39. The SMILES string of the molecule is CCn1ncc(CN2CCN(C(=S)Nc3sc4c(c3C(=O)OC)CCCCC4)CC2)c1C. The number of rotatable bonds is 5. The minimum absolute atomic E-state index is 0.262. The summed E-state index contributed by atoms with van der Waals surface area (Å²) in [6.45, 7) is 9.71. The molecule has 2 aliphatic rings. The number of piperazine rings is 1. The van der Waals surface area contributed by atoms with Crippen molar-refractivity contribution in [1.82, 2.24) is 19.6 Å². The fourth-order valence-electron chi connectivity index (χ4n) is 4.63. The Labute approximate surface area is 199 Å². The summed E-state index contributed by atoms with van der Waals surface area (Å²) >= 11 is 7.43. The molecule has 0 spiro atoms. The second-order valence-electron chi connectivity index (χ2n) is 8.52. The summed E-state index contributed by atoms with van der Waals surface area (Å²) in [5.41, 5.74) is 4.40. The van der Waals surface area contributed by atoms with Crippen LogP contribution < -0.4 is 5.32 Å². The summed E-state index contributed by atoms with van der Waals surface area (Å²) in [7, 11) is 1.45. The molecule has 9 heteroatoms. The second kappa shape index (κ2) is 10.3. The normalized spacial score (nSPS) is 17.0. The van der Waals surface area contributed by atoms with E-state index in [1.165, 1.54) is 36.1 Å². The average molecular weight is 476 g/mol. The standard InChI is InChI=1S/C23H33N5O2S2/c1-4-28-16(2)17(14-24-28)15-26-10-12-27(13-11-26)23(31)25-21-20(22(29)30-3)18-8-6-5-7-9-19(18)32-21/h14H,4-13,15H2,1-3H3,(H,25,31). The maximum Gasteiger partial charge on any atom is 0.341 e. The van der Waals surface area contributed by atoms with Crippen molar-refractivity contribution in [2.75, 3.05) is 38.6 Å². The van der Waals surface area contributed by atoms with Crippen LogP contribution in [0.1, 0.15) is 58.2 Å². The third-order valence-corrected chi connectivity index (χ3v) is 8.16. The topological polar surface area (TPSA) is 62.6 Å². The molecule has 2 aromatic heterocycles. The minimum atomic E-state index is -0.262. The van der Waals surface area contributed by atoms with Crippen molar-refractivity contribution in [3.05, 3.63) is 33.5 Å². The zero-order valence-electron chi connectivity index (χ0n) is 19.3. The molecule has 0 radical (unpaired) electrons. The van der Waals surface area contributed by atoms with E-state index >= 15 is 0 Å². The Morgan fingerprint density at radius 3 is 2.66 bits per heavy atom. The van der Waals surface area contributed by atoms with Crippen LogP contribution in [-0.2, 0) is 30.7 Å². The van der Waals surface area contributed by atoms with Crippen molar-refractivity contribution in [1.29, 1.82) is 0 Å². The lowest BCUT2D eigenvalue weighted by Crippen LogP contribution is -2.49. The van der Waals surface area contributed by atoms with E-state index < -0.39 is 0 Å². The molecule has 174 valence electrons. The van der Waals surface area contributed by atoms with Gasteiger partial charge >= 0.3 is 5.97 Å². The smallest absolute Gasteiger partial charge is 0.341 e. The Morgan fingerprint density at radius 2 is 1.97 bits per heavy atom. The first-order valence-corrected chi connectivity index (χ1v) is 12.8. The number of nitrogens with one attached hydrogen (secondary N) is 1. The van der Waals surface area contributed by atoms with Crippen molar-refractivity contribution >= 4 is 39.6 Å². The molecular weight excluding hydrogens is 442 g/mol. The lowest BCUT2D eigenvalue weighted by Gasteiger charge is -2.36. The van der Waals surface area contributed by atoms with Gasteiger partial charge in [0.25, 0.3) is 0 Å². The molecule has 0 unspecified atom stereocenters. The lowest BCUT2D eigenvalue weighted by molar-refractivity contribution is 0.0601. The van der Waals surface area contributed by atoms with Crippen LogP contribution in [-0.4, -0.2) is 64.0 Å². The number of fused-ring (bicyclic) bond motifs is 1. The number of esters is 1. The highest BCUT2D eigenvalue weighted by Gasteiger charge is 2.27. The van der Waals surface area contributed by atoms with E-state index in [1.807, 2.05) is 10.9 Å². The van der Waals surface area contributed by atoms with Crippen LogP contribution >= 0.6 is 23.6 Å². The van der Waals surface area contributed by atoms with Gasteiger partial charge in [0.2, 0.25) is 0 Å². The number of hydrogen-bond donors (Lipinski definition) is 1. The molecule has 0 bridgehead atoms. The number of nitrogens with zero attached hydrogens (tertiary/aromatic N) is 4. The molecule has 3 heterocycles. The number of aryl methyl sites for hydroxylation is 2. The molecule has 1 aliphatic heterocycles. The molecule has 1 saturated heterocycles. The third kappa shape index (κ3) is 4.84. The number of hydrogen-bond acceptors (Lipinski definition) is 6. The number of thiophene rings is 1. The predicted octanol–water partition coefficient (Wildman–Crippen LogP) is 3.84. The lowest BCUT2D eigenvalue weighted by atomic mass is 10.1. The highest BCUT2D eigenvalue weighted by atomic mass is 32.1. The van der Waals surface area contributed by atoms with Crippen LogP contribution in [0.4, 0.5) is 5.00 Å². The molecule has 0 amide bonds. The highest BCUT2D eigenvalue weighted by molar-refractivity contribution is 7.80. The number of carbonyl (C=O) groups is 1. The number of methoxy groups -OCH3 is 1. The van der Waals surface area contributed by atoms with Crippen molar-refractivity contribution in [3.8, 4) is 0 Å². The van der Waals surface area contributed by atoms with Gasteiger partial charge in [0, 0.05) is 55.4 Å². The van der Waals surface area contributed by atoms with Gasteiger partial charge in [0.15, 0.2) is 5.11 Å². The number of thiocarbonyl (C=S) groups is 1. The Hall–Kier alpha value is -1.97. The van der Waals surface area contributed by atoms with Crippen LogP contribution in [0, 0.1) is 6.92 Å². The van der Waals surface area contributed by atoms with Gasteiger partial charge < -0.3 is 15.0 Å². The molecule has 0 saturated carbocycles. The monoisotopic (exact) mass is 475 g/mol. The fraction of sp³-hybridized carbons (Fsp3) is 0.609. The summed E-state index contributed by atoms with van der Waals surface area (Å²) < 4.78 is 7.16. The van der Waals surface area contributed by atoms with Gasteiger partial charge in [-0.3, -0.25) is 9.58 Å². The van der Waals surface area contributed by atoms with Crippen LogP contribution in [0.2, 0.25) is 0 Å². The van der Waals surface area contributed by atoms with Crippen LogP contribution in [0.5, 0.6) is 0 Å². The molecule has 0 atom stereocenters. The van der Waals surface area contributed by atoms with Gasteiger partial charge in [-0.1, -0.05) is 6.42 Å². The Kier molecular flexibility index (Phi) is 7.48. The predicted molar refractivity (Wildman–Crippen MR) is 133 cm³/mol. The van der Waals surface area contributed by atoms with E-state index in [1.54, 1.807) is 11.3 Å². The molecule has 4 rings (SSSR count). The van der Waals surface area contributed by atoms with E-state index in [9.17, 15) is 4.79 Å². The average Bonchev–Trinajstić information content (AvgIpc) is 3.23. The zero-order valence-corrected chi connectivity index (χ0v) is 20.9. The number of aromatic nitrogens is 2. The molecule has 1 N–H and O–H groups in total. The Morgan fingerprint density at radius 1 is 1.22 bits per heavy atom. The molecular formula is C23H33N5O2S2. The van der Waals surface area contributed by atoms with Gasteiger partial charge in [-0.15, -0.1) is 11.3 Å². The first-order chi connectivity index (χ1) is 15.5. The van der Waals surface area contributed by atoms with E-state index in [0.717, 1.165) is 69.1 Å².